The molecule has 3 N–H and O–H groups in total. The van der Waals surface area contributed by atoms with Crippen LogP contribution in [0.3, 0.4) is 0 Å². The van der Waals surface area contributed by atoms with E-state index in [9.17, 15) is 4.79 Å². The van der Waals surface area contributed by atoms with E-state index in [0.29, 0.717) is 25.3 Å². The Morgan fingerprint density at radius 2 is 2.33 bits per heavy atom. The van der Waals surface area contributed by atoms with Gasteiger partial charge in [0.25, 0.3) is 0 Å². The molecule has 0 aliphatic heterocycles. The molecule has 3 rings (SSSR count). The summed E-state index contributed by atoms with van der Waals surface area (Å²) in [6.07, 6.45) is 3.57. The van der Waals surface area contributed by atoms with Crippen molar-refractivity contribution >= 4 is 43.4 Å². The first-order valence-corrected chi connectivity index (χ1v) is 8.80. The van der Waals surface area contributed by atoms with Gasteiger partial charge in [-0.05, 0) is 37.0 Å². The van der Waals surface area contributed by atoms with E-state index in [2.05, 4.69) is 32.3 Å². The van der Waals surface area contributed by atoms with Crippen molar-refractivity contribution in [3.05, 3.63) is 27.7 Å². The fraction of sp³-hybridized carbons (Fsp3) is 0.467. The van der Waals surface area contributed by atoms with Gasteiger partial charge in [0.1, 0.15) is 0 Å². The second-order valence-corrected chi connectivity index (χ2v) is 7.56. The van der Waals surface area contributed by atoms with Crippen LogP contribution in [0, 0.1) is 5.92 Å². The maximum atomic E-state index is 11.8. The van der Waals surface area contributed by atoms with E-state index in [1.165, 1.54) is 12.8 Å². The zero-order valence-corrected chi connectivity index (χ0v) is 14.0. The summed E-state index contributed by atoms with van der Waals surface area (Å²) in [5.41, 5.74) is 6.96. The van der Waals surface area contributed by atoms with Gasteiger partial charge < -0.3 is 11.1 Å². The van der Waals surface area contributed by atoms with Crippen LogP contribution in [0.1, 0.15) is 24.3 Å². The van der Waals surface area contributed by atoms with Crippen molar-refractivity contribution in [2.24, 2.45) is 11.7 Å². The Morgan fingerprint density at radius 3 is 3.10 bits per heavy atom. The highest BCUT2D eigenvalue weighted by atomic mass is 79.9. The molecule has 0 saturated heterocycles. The molecule has 1 aromatic carbocycles. The fourth-order valence-electron chi connectivity index (χ4n) is 2.29. The van der Waals surface area contributed by atoms with Gasteiger partial charge in [0.2, 0.25) is 5.91 Å². The van der Waals surface area contributed by atoms with Crippen LogP contribution in [0.15, 0.2) is 22.7 Å². The van der Waals surface area contributed by atoms with Crippen molar-refractivity contribution in [1.29, 1.82) is 0 Å². The lowest BCUT2D eigenvalue weighted by Gasteiger charge is -2.11. The topological polar surface area (TPSA) is 68.0 Å². The molecule has 4 nitrogen and oxygen atoms in total. The molecule has 1 aromatic heterocycles. The van der Waals surface area contributed by atoms with Gasteiger partial charge in [0.05, 0.1) is 15.2 Å². The summed E-state index contributed by atoms with van der Waals surface area (Å²) < 4.78 is 2.18. The van der Waals surface area contributed by atoms with Crippen LogP contribution >= 0.6 is 27.3 Å². The third-order valence-corrected chi connectivity index (χ3v) is 5.31. The van der Waals surface area contributed by atoms with Crippen molar-refractivity contribution in [3.8, 4) is 0 Å². The molecule has 112 valence electrons. The lowest BCUT2D eigenvalue weighted by molar-refractivity contribution is -0.121. The predicted octanol–water partition coefficient (Wildman–Crippen LogP) is 2.84. The Morgan fingerprint density at radius 1 is 1.52 bits per heavy atom. The average Bonchev–Trinajstić information content (AvgIpc) is 3.23. The number of thiazole rings is 1. The second-order valence-electron chi connectivity index (χ2n) is 5.53. The van der Waals surface area contributed by atoms with E-state index < -0.39 is 0 Å². The number of nitrogens with zero attached hydrogens (tertiary/aromatic N) is 1. The third kappa shape index (κ3) is 4.02. The van der Waals surface area contributed by atoms with Gasteiger partial charge in [0.15, 0.2) is 0 Å². The minimum atomic E-state index is 0.0616. The van der Waals surface area contributed by atoms with Gasteiger partial charge in [-0.15, -0.1) is 11.3 Å². The number of nitrogens with one attached hydrogen (secondary N) is 1. The lowest BCUT2D eigenvalue weighted by atomic mass is 10.2. The Hall–Kier alpha value is -0.980. The van der Waals surface area contributed by atoms with Crippen molar-refractivity contribution in [2.75, 3.05) is 6.54 Å². The molecule has 1 unspecified atom stereocenters. The molecule has 1 heterocycles. The maximum Gasteiger partial charge on any atom is 0.220 e. The van der Waals surface area contributed by atoms with Crippen LogP contribution in [0.5, 0.6) is 0 Å². The van der Waals surface area contributed by atoms with Crippen LogP contribution in [0.25, 0.3) is 10.2 Å². The highest BCUT2D eigenvalue weighted by molar-refractivity contribution is 9.10. The van der Waals surface area contributed by atoms with E-state index in [-0.39, 0.29) is 11.9 Å². The molecule has 21 heavy (non-hydrogen) atoms. The summed E-state index contributed by atoms with van der Waals surface area (Å²) >= 11 is 5.09. The number of nitrogens with two attached hydrogens (primary N) is 1. The van der Waals surface area contributed by atoms with Gasteiger partial charge in [-0.3, -0.25) is 4.79 Å². The first-order chi connectivity index (χ1) is 10.1. The van der Waals surface area contributed by atoms with E-state index >= 15 is 0 Å². The van der Waals surface area contributed by atoms with E-state index in [1.54, 1.807) is 11.3 Å². The summed E-state index contributed by atoms with van der Waals surface area (Å²) in [4.78, 5) is 16.4. The first kappa shape index (κ1) is 14.9. The van der Waals surface area contributed by atoms with Crippen LogP contribution in [-0.4, -0.2) is 23.5 Å². The summed E-state index contributed by atoms with van der Waals surface area (Å²) in [6.45, 7) is 0.594. The van der Waals surface area contributed by atoms with Crippen molar-refractivity contribution in [3.63, 3.8) is 0 Å². The molecule has 0 spiro atoms. The van der Waals surface area contributed by atoms with Crippen molar-refractivity contribution in [2.45, 2.75) is 31.7 Å². The average molecular weight is 368 g/mol. The molecule has 6 heteroatoms. The van der Waals surface area contributed by atoms with Gasteiger partial charge in [-0.25, -0.2) is 4.98 Å². The molecule has 0 bridgehead atoms. The Bertz CT molecular complexity index is 653. The lowest BCUT2D eigenvalue weighted by Crippen LogP contribution is -2.38. The third-order valence-electron chi connectivity index (χ3n) is 3.72. The van der Waals surface area contributed by atoms with Crippen LogP contribution in [0.4, 0.5) is 0 Å². The number of fused-ring (bicyclic) bond motifs is 1. The summed E-state index contributed by atoms with van der Waals surface area (Å²) in [5, 5.41) is 3.93. The maximum absolute atomic E-state index is 11.8. The molecular formula is C15H18BrN3OS. The van der Waals surface area contributed by atoms with Gasteiger partial charge in [-0.1, -0.05) is 15.9 Å². The number of amides is 1. The standard InChI is InChI=1S/C15H18BrN3OS/c16-10-3-4-13-12(7-10)19-15(21-13)6-5-14(20)18-8-11(17)9-1-2-9/h3-4,7,9,11H,1-2,5-6,8,17H2,(H,18,20). The van der Waals surface area contributed by atoms with Crippen molar-refractivity contribution < 1.29 is 4.79 Å². The molecule has 1 aliphatic rings. The number of carbonyl (C=O) groups excluding carboxylic acids is 1. The Labute approximate surface area is 136 Å². The fourth-order valence-corrected chi connectivity index (χ4v) is 3.58. The van der Waals surface area contributed by atoms with Gasteiger partial charge >= 0.3 is 0 Å². The number of carbonyl (C=O) groups is 1. The molecule has 2 aromatic rings. The highest BCUT2D eigenvalue weighted by Crippen LogP contribution is 2.31. The number of hydrogen-bond donors (Lipinski definition) is 2. The quantitative estimate of drug-likeness (QED) is 0.824. The second kappa shape index (κ2) is 6.42. The largest absolute Gasteiger partial charge is 0.355 e. The summed E-state index contributed by atoms with van der Waals surface area (Å²) in [7, 11) is 0. The van der Waals surface area contributed by atoms with Crippen LogP contribution in [-0.2, 0) is 11.2 Å². The predicted molar refractivity (Wildman–Crippen MR) is 89.4 cm³/mol. The molecule has 1 aliphatic carbocycles. The minimum absolute atomic E-state index is 0.0616. The minimum Gasteiger partial charge on any atom is -0.355 e. The molecule has 1 fully saturated rings. The molecular weight excluding hydrogens is 350 g/mol. The number of aryl methyl sites for hydroxylation is 1. The Balaban J connectivity index is 1.49. The normalized spacial score (nSPS) is 16.1. The number of rotatable bonds is 6. The van der Waals surface area contributed by atoms with Gasteiger partial charge in [-0.2, -0.15) is 0 Å². The van der Waals surface area contributed by atoms with E-state index in [4.69, 9.17) is 5.73 Å². The Kier molecular flexibility index (Phi) is 4.57. The van der Waals surface area contributed by atoms with E-state index in [0.717, 1.165) is 19.7 Å². The monoisotopic (exact) mass is 367 g/mol. The number of aromatic nitrogens is 1. The number of halogens is 1. The first-order valence-electron chi connectivity index (χ1n) is 7.19. The van der Waals surface area contributed by atoms with E-state index in [1.807, 2.05) is 12.1 Å². The van der Waals surface area contributed by atoms with Crippen molar-refractivity contribution in [1.82, 2.24) is 10.3 Å². The summed E-state index contributed by atoms with van der Waals surface area (Å²) in [6, 6.07) is 6.18. The SMILES string of the molecule is NC(CNC(=O)CCc1nc2cc(Br)ccc2s1)C1CC1. The van der Waals surface area contributed by atoms with Gasteiger partial charge in [0, 0.05) is 29.9 Å². The number of hydrogen-bond acceptors (Lipinski definition) is 4. The highest BCUT2D eigenvalue weighted by Gasteiger charge is 2.28. The number of benzene rings is 1. The van der Waals surface area contributed by atoms with Crippen LogP contribution in [0.2, 0.25) is 0 Å². The molecule has 1 atom stereocenters. The molecule has 1 amide bonds. The van der Waals surface area contributed by atoms with Crippen LogP contribution < -0.4 is 11.1 Å². The molecule has 1 saturated carbocycles. The zero-order chi connectivity index (χ0) is 14.8. The summed E-state index contributed by atoms with van der Waals surface area (Å²) in [5.74, 6) is 0.680. The molecule has 0 radical (unpaired) electrons. The zero-order valence-electron chi connectivity index (χ0n) is 11.6. The smallest absolute Gasteiger partial charge is 0.220 e.